The minimum atomic E-state index is -3.75. The van der Waals surface area contributed by atoms with Crippen molar-refractivity contribution < 1.29 is 22.8 Å². The minimum Gasteiger partial charge on any atom is -0.322 e. The number of imide groups is 1. The molecule has 2 fully saturated rings. The molecule has 4 amide bonds. The second-order valence-electron chi connectivity index (χ2n) is 8.09. The Labute approximate surface area is 191 Å². The van der Waals surface area contributed by atoms with E-state index in [9.17, 15) is 22.8 Å². The van der Waals surface area contributed by atoms with E-state index >= 15 is 0 Å². The zero-order chi connectivity index (χ0) is 23.5. The summed E-state index contributed by atoms with van der Waals surface area (Å²) in [5, 5.41) is 4.52. The van der Waals surface area contributed by atoms with E-state index in [1.54, 1.807) is 24.3 Å². The van der Waals surface area contributed by atoms with Gasteiger partial charge in [0.1, 0.15) is 5.54 Å². The molecule has 0 unspecified atom stereocenters. The fourth-order valence-electron chi connectivity index (χ4n) is 4.00. The Morgan fingerprint density at radius 1 is 0.970 bits per heavy atom. The van der Waals surface area contributed by atoms with E-state index in [2.05, 4.69) is 15.5 Å². The number of rotatable bonds is 6. The first kappa shape index (κ1) is 22.5. The molecule has 10 heteroatoms. The first-order chi connectivity index (χ1) is 15.8. The highest BCUT2D eigenvalue weighted by molar-refractivity contribution is 7.95. The van der Waals surface area contributed by atoms with E-state index in [0.29, 0.717) is 12.8 Å². The molecule has 2 aromatic carbocycles. The number of amides is 4. The highest BCUT2D eigenvalue weighted by atomic mass is 32.2. The quantitative estimate of drug-likeness (QED) is 0.562. The van der Waals surface area contributed by atoms with Crippen molar-refractivity contribution in [2.45, 2.75) is 37.6 Å². The first-order valence-electron chi connectivity index (χ1n) is 10.6. The van der Waals surface area contributed by atoms with Gasteiger partial charge in [0, 0.05) is 11.3 Å². The average molecular weight is 469 g/mol. The topological polar surface area (TPSA) is 125 Å². The van der Waals surface area contributed by atoms with Crippen LogP contribution in [0.3, 0.4) is 0 Å². The average Bonchev–Trinajstić information content (AvgIpc) is 3.03. The van der Waals surface area contributed by atoms with Crippen molar-refractivity contribution in [3.63, 3.8) is 0 Å². The van der Waals surface area contributed by atoms with Crippen molar-refractivity contribution in [3.05, 3.63) is 71.1 Å². The van der Waals surface area contributed by atoms with Gasteiger partial charge in [-0.05, 0) is 48.7 Å². The van der Waals surface area contributed by atoms with E-state index in [-0.39, 0.29) is 11.3 Å². The molecule has 2 aliphatic rings. The highest BCUT2D eigenvalue weighted by Gasteiger charge is 2.52. The van der Waals surface area contributed by atoms with Crippen LogP contribution < -0.4 is 15.5 Å². The van der Waals surface area contributed by atoms with Gasteiger partial charge >= 0.3 is 6.03 Å². The van der Waals surface area contributed by atoms with Crippen LogP contribution in [0.2, 0.25) is 0 Å². The van der Waals surface area contributed by atoms with E-state index < -0.39 is 33.4 Å². The van der Waals surface area contributed by atoms with Crippen molar-refractivity contribution in [1.29, 1.82) is 0 Å². The molecule has 172 valence electrons. The summed E-state index contributed by atoms with van der Waals surface area (Å²) in [5.41, 5.74) is 2.60. The lowest BCUT2D eigenvalue weighted by Gasteiger charge is -2.30. The van der Waals surface area contributed by atoms with Gasteiger partial charge in [-0.15, -0.1) is 0 Å². The van der Waals surface area contributed by atoms with Crippen molar-refractivity contribution in [3.8, 4) is 0 Å². The number of nitrogens with zero attached hydrogens (tertiary/aromatic N) is 1. The molecule has 1 aliphatic heterocycles. The van der Waals surface area contributed by atoms with E-state index in [1.165, 1.54) is 30.3 Å². The van der Waals surface area contributed by atoms with Gasteiger partial charge in [0.05, 0.1) is 5.41 Å². The number of carbonyl (C=O) groups excluding carboxylic acids is 3. The number of hydrazine groups is 1. The summed E-state index contributed by atoms with van der Waals surface area (Å²) in [6.07, 6.45) is 5.27. The molecule has 4 rings (SSSR count). The molecular weight excluding hydrogens is 444 g/mol. The third-order valence-electron chi connectivity index (χ3n) is 5.73. The summed E-state index contributed by atoms with van der Waals surface area (Å²) in [7, 11) is -3.75. The Balaban J connectivity index is 1.39. The zero-order valence-electron chi connectivity index (χ0n) is 17.8. The number of urea groups is 1. The van der Waals surface area contributed by atoms with Crippen LogP contribution in [0.15, 0.2) is 60.0 Å². The Morgan fingerprint density at radius 3 is 2.30 bits per heavy atom. The van der Waals surface area contributed by atoms with Gasteiger partial charge in [0.15, 0.2) is 0 Å². The number of nitrogens with one attached hydrogen (secondary N) is 3. The predicted molar refractivity (Wildman–Crippen MR) is 123 cm³/mol. The molecule has 1 spiro atoms. The summed E-state index contributed by atoms with van der Waals surface area (Å²) in [5.74, 6) is -1.10. The van der Waals surface area contributed by atoms with Gasteiger partial charge in [-0.1, -0.05) is 49.6 Å². The van der Waals surface area contributed by atoms with Crippen LogP contribution in [0.25, 0.3) is 6.08 Å². The standard InChI is InChI=1S/C23H24N4O5S/c28-20(25-27-21(29)23(24-22(27)30)14-5-2-6-15-23)18-9-11-19(12-10-18)26-33(31,32)16-13-17-7-3-1-4-8-17/h1,3-4,7-13,16,26H,2,5-6,14-15H2,(H,24,30)(H,25,28)/b16-13+. The maximum Gasteiger partial charge on any atom is 0.344 e. The number of sulfonamides is 1. The summed E-state index contributed by atoms with van der Waals surface area (Å²) in [6, 6.07) is 14.0. The SMILES string of the molecule is O=C(NN1C(=O)NC2(CCCCC2)C1=O)c1ccc(NS(=O)(=O)/C=C/c2ccccc2)cc1. The van der Waals surface area contributed by atoms with E-state index in [1.807, 2.05) is 6.07 Å². The largest absolute Gasteiger partial charge is 0.344 e. The predicted octanol–water partition coefficient (Wildman–Crippen LogP) is 3.00. The number of benzene rings is 2. The number of anilines is 1. The second-order valence-corrected chi connectivity index (χ2v) is 9.66. The van der Waals surface area contributed by atoms with Gasteiger partial charge < -0.3 is 5.32 Å². The maximum absolute atomic E-state index is 12.8. The van der Waals surface area contributed by atoms with Gasteiger partial charge in [-0.2, -0.15) is 5.01 Å². The van der Waals surface area contributed by atoms with Crippen molar-refractivity contribution in [2.75, 3.05) is 4.72 Å². The first-order valence-corrected chi connectivity index (χ1v) is 12.2. The van der Waals surface area contributed by atoms with Gasteiger partial charge in [-0.25, -0.2) is 13.2 Å². The molecule has 1 saturated heterocycles. The molecule has 9 nitrogen and oxygen atoms in total. The molecular formula is C23H24N4O5S. The van der Waals surface area contributed by atoms with E-state index in [4.69, 9.17) is 0 Å². The third kappa shape index (κ3) is 5.06. The smallest absolute Gasteiger partial charge is 0.322 e. The Kier molecular flexibility index (Phi) is 6.19. The van der Waals surface area contributed by atoms with Gasteiger partial charge in [-0.3, -0.25) is 19.7 Å². The lowest BCUT2D eigenvalue weighted by Crippen LogP contribution is -2.50. The van der Waals surface area contributed by atoms with Crippen LogP contribution in [0.5, 0.6) is 0 Å². The number of hydrogen-bond donors (Lipinski definition) is 3. The lowest BCUT2D eigenvalue weighted by molar-refractivity contribution is -0.134. The van der Waals surface area contributed by atoms with Crippen molar-refractivity contribution >= 4 is 39.6 Å². The van der Waals surface area contributed by atoms with Crippen molar-refractivity contribution in [2.24, 2.45) is 0 Å². The molecule has 1 heterocycles. The normalized spacial score (nSPS) is 17.9. The Morgan fingerprint density at radius 2 is 1.64 bits per heavy atom. The highest BCUT2D eigenvalue weighted by Crippen LogP contribution is 2.33. The van der Waals surface area contributed by atoms with Crippen molar-refractivity contribution in [1.82, 2.24) is 15.8 Å². The summed E-state index contributed by atoms with van der Waals surface area (Å²) < 4.78 is 27.0. The molecule has 1 saturated carbocycles. The van der Waals surface area contributed by atoms with Gasteiger partial charge in [0.2, 0.25) is 0 Å². The maximum atomic E-state index is 12.8. The van der Waals surface area contributed by atoms with Crippen LogP contribution in [0, 0.1) is 0 Å². The Bertz CT molecular complexity index is 1190. The fraction of sp³-hybridized carbons (Fsp3) is 0.261. The molecule has 3 N–H and O–H groups in total. The monoisotopic (exact) mass is 468 g/mol. The number of hydrogen-bond acceptors (Lipinski definition) is 5. The molecule has 0 atom stereocenters. The van der Waals surface area contributed by atoms with Crippen LogP contribution in [0.1, 0.15) is 48.0 Å². The Hall–Kier alpha value is -3.66. The third-order valence-corrected chi connectivity index (χ3v) is 6.74. The fourth-order valence-corrected chi connectivity index (χ4v) is 4.87. The van der Waals surface area contributed by atoms with Crippen LogP contribution in [-0.4, -0.2) is 36.8 Å². The zero-order valence-corrected chi connectivity index (χ0v) is 18.6. The van der Waals surface area contributed by atoms with Crippen LogP contribution >= 0.6 is 0 Å². The summed E-state index contributed by atoms with van der Waals surface area (Å²) >= 11 is 0. The minimum absolute atomic E-state index is 0.169. The molecule has 2 aromatic rings. The summed E-state index contributed by atoms with van der Waals surface area (Å²) in [6.45, 7) is 0. The van der Waals surface area contributed by atoms with Crippen LogP contribution in [-0.2, 0) is 14.8 Å². The summed E-state index contributed by atoms with van der Waals surface area (Å²) in [4.78, 5) is 37.7. The molecule has 0 bridgehead atoms. The van der Waals surface area contributed by atoms with E-state index in [0.717, 1.165) is 35.2 Å². The molecule has 0 radical (unpaired) electrons. The lowest BCUT2D eigenvalue weighted by atomic mass is 9.82. The second kappa shape index (κ2) is 9.07. The molecule has 1 aliphatic carbocycles. The number of carbonyl (C=O) groups is 3. The van der Waals surface area contributed by atoms with Crippen LogP contribution in [0.4, 0.5) is 10.5 Å². The molecule has 33 heavy (non-hydrogen) atoms. The van der Waals surface area contributed by atoms with Gasteiger partial charge in [0.25, 0.3) is 21.8 Å². The molecule has 0 aromatic heterocycles.